The Kier molecular flexibility index (Phi) is 10.6. The lowest BCUT2D eigenvalue weighted by Gasteiger charge is -2.14. The van der Waals surface area contributed by atoms with Crippen LogP contribution in [0, 0.1) is 6.92 Å². The van der Waals surface area contributed by atoms with Crippen molar-refractivity contribution >= 4 is 57.7 Å². The molecule has 46 heavy (non-hydrogen) atoms. The van der Waals surface area contributed by atoms with Gasteiger partial charge in [0.25, 0.3) is 11.8 Å². The Balaban J connectivity index is 1.25. The number of methoxy groups -OCH3 is 1. The maximum absolute atomic E-state index is 13.5. The van der Waals surface area contributed by atoms with Crippen molar-refractivity contribution in [1.29, 1.82) is 0 Å². The Morgan fingerprint density at radius 2 is 1.65 bits per heavy atom. The fourth-order valence-electron chi connectivity index (χ4n) is 4.49. The molecule has 1 atom stereocenters. The summed E-state index contributed by atoms with van der Waals surface area (Å²) in [5, 5.41) is 10.5. The lowest BCUT2D eigenvalue weighted by atomic mass is 10.1. The molecule has 0 aliphatic rings. The van der Waals surface area contributed by atoms with Crippen LogP contribution in [0.15, 0.2) is 119 Å². The van der Waals surface area contributed by atoms with E-state index in [4.69, 9.17) is 4.74 Å². The van der Waals surface area contributed by atoms with Gasteiger partial charge in [0.2, 0.25) is 5.91 Å². The van der Waals surface area contributed by atoms with Crippen molar-refractivity contribution in [3.05, 3.63) is 131 Å². The van der Waals surface area contributed by atoms with Crippen LogP contribution >= 0.6 is 23.1 Å². The number of aromatic nitrogens is 1. The van der Waals surface area contributed by atoms with Gasteiger partial charge in [-0.25, -0.2) is 4.98 Å². The zero-order chi connectivity index (χ0) is 32.5. The summed E-state index contributed by atoms with van der Waals surface area (Å²) in [4.78, 5) is 44.8. The quantitative estimate of drug-likeness (QED) is 0.100. The molecule has 3 amide bonds. The Morgan fingerprint density at radius 1 is 0.891 bits per heavy atom. The summed E-state index contributed by atoms with van der Waals surface area (Å²) in [6.45, 7) is 3.77. The monoisotopic (exact) mass is 648 g/mol. The number of carbonyl (C=O) groups is 3. The molecule has 8 nitrogen and oxygen atoms in total. The number of anilines is 2. The van der Waals surface area contributed by atoms with Crippen LogP contribution in [0.25, 0.3) is 17.3 Å². The van der Waals surface area contributed by atoms with Gasteiger partial charge in [-0.2, -0.15) is 0 Å². The molecule has 0 radical (unpaired) electrons. The molecule has 1 aromatic heterocycles. The van der Waals surface area contributed by atoms with Crippen LogP contribution in [-0.4, -0.2) is 35.1 Å². The number of benzene rings is 4. The molecule has 0 saturated heterocycles. The van der Waals surface area contributed by atoms with Crippen LogP contribution in [-0.2, 0) is 9.59 Å². The fraction of sp³-hybridized carbons (Fsp3) is 0.111. The minimum absolute atomic E-state index is 0.0983. The number of thiazole rings is 1. The molecule has 1 unspecified atom stereocenters. The van der Waals surface area contributed by atoms with Gasteiger partial charge in [0.15, 0.2) is 5.13 Å². The number of rotatable bonds is 11. The highest BCUT2D eigenvalue weighted by Gasteiger charge is 2.19. The first-order chi connectivity index (χ1) is 22.3. The number of ether oxygens (including phenoxy) is 1. The number of amides is 3. The molecule has 5 aromatic rings. The summed E-state index contributed by atoms with van der Waals surface area (Å²) in [5.74, 6) is -0.368. The molecule has 232 valence electrons. The first-order valence-electron chi connectivity index (χ1n) is 14.4. The first kappa shape index (κ1) is 32.2. The maximum atomic E-state index is 13.5. The van der Waals surface area contributed by atoms with Gasteiger partial charge in [-0.1, -0.05) is 66.2 Å². The molecule has 0 fully saturated rings. The number of nitrogens with one attached hydrogen (secondary N) is 3. The van der Waals surface area contributed by atoms with Crippen LogP contribution in [0.5, 0.6) is 5.75 Å². The van der Waals surface area contributed by atoms with Crippen LogP contribution in [0.1, 0.15) is 28.4 Å². The maximum Gasteiger partial charge on any atom is 0.272 e. The van der Waals surface area contributed by atoms with Crippen molar-refractivity contribution in [3.63, 3.8) is 0 Å². The molecule has 1 heterocycles. The van der Waals surface area contributed by atoms with Gasteiger partial charge in [-0.3, -0.25) is 14.4 Å². The number of nitrogens with zero attached hydrogens (tertiary/aromatic N) is 1. The van der Waals surface area contributed by atoms with Gasteiger partial charge in [0, 0.05) is 27.1 Å². The van der Waals surface area contributed by atoms with Gasteiger partial charge in [-0.15, -0.1) is 23.1 Å². The number of aryl methyl sites for hydroxylation is 1. The fourth-order valence-corrected chi connectivity index (χ4v) is 6.13. The van der Waals surface area contributed by atoms with Crippen LogP contribution < -0.4 is 20.7 Å². The SMILES string of the molecule is COc1ccccc1-c1csc(NC(=O)C(C)Sc2cccc(NC(=O)/C(=C\c3cccc(C)c3)NC(=O)c3ccccc3)c2)n1. The number of para-hydroxylation sites is 1. The summed E-state index contributed by atoms with van der Waals surface area (Å²) < 4.78 is 5.43. The Morgan fingerprint density at radius 3 is 2.43 bits per heavy atom. The van der Waals surface area contributed by atoms with E-state index in [0.29, 0.717) is 22.1 Å². The summed E-state index contributed by atoms with van der Waals surface area (Å²) in [7, 11) is 1.61. The summed E-state index contributed by atoms with van der Waals surface area (Å²) in [5.41, 5.74) is 4.42. The normalized spacial score (nSPS) is 11.8. The lowest BCUT2D eigenvalue weighted by Crippen LogP contribution is -2.30. The Labute approximate surface area is 275 Å². The summed E-state index contributed by atoms with van der Waals surface area (Å²) in [6, 6.07) is 31.2. The van der Waals surface area contributed by atoms with Crippen molar-refractivity contribution in [2.24, 2.45) is 0 Å². The van der Waals surface area contributed by atoms with E-state index >= 15 is 0 Å². The summed E-state index contributed by atoms with van der Waals surface area (Å²) in [6.07, 6.45) is 1.64. The second kappa shape index (κ2) is 15.2. The zero-order valence-electron chi connectivity index (χ0n) is 25.4. The second-order valence-electron chi connectivity index (χ2n) is 10.3. The molecule has 0 aliphatic carbocycles. The van der Waals surface area contributed by atoms with Gasteiger partial charge in [-0.05, 0) is 68.0 Å². The van der Waals surface area contributed by atoms with Crippen LogP contribution in [0.3, 0.4) is 0 Å². The van der Waals surface area contributed by atoms with E-state index in [1.165, 1.54) is 23.1 Å². The predicted octanol–water partition coefficient (Wildman–Crippen LogP) is 7.66. The first-order valence-corrected chi connectivity index (χ1v) is 16.2. The minimum atomic E-state index is -0.478. The van der Waals surface area contributed by atoms with Crippen LogP contribution in [0.4, 0.5) is 10.8 Å². The molecule has 4 aromatic carbocycles. The average Bonchev–Trinajstić information content (AvgIpc) is 3.53. The highest BCUT2D eigenvalue weighted by Crippen LogP contribution is 2.33. The van der Waals surface area contributed by atoms with Gasteiger partial charge in [0.05, 0.1) is 18.1 Å². The van der Waals surface area contributed by atoms with Crippen molar-refractivity contribution in [1.82, 2.24) is 10.3 Å². The molecule has 0 saturated carbocycles. The summed E-state index contributed by atoms with van der Waals surface area (Å²) >= 11 is 2.69. The molecule has 5 rings (SSSR count). The number of hydrogen-bond donors (Lipinski definition) is 3. The molecule has 0 spiro atoms. The Bertz CT molecular complexity index is 1890. The third kappa shape index (κ3) is 8.50. The highest BCUT2D eigenvalue weighted by molar-refractivity contribution is 8.00. The van der Waals surface area contributed by atoms with E-state index in [1.54, 1.807) is 55.7 Å². The molecule has 0 aliphatic heterocycles. The Hall–Kier alpha value is -5.19. The highest BCUT2D eigenvalue weighted by atomic mass is 32.2. The lowest BCUT2D eigenvalue weighted by molar-refractivity contribution is -0.115. The molecular weight excluding hydrogens is 617 g/mol. The largest absolute Gasteiger partial charge is 0.496 e. The second-order valence-corrected chi connectivity index (χ2v) is 12.5. The smallest absolute Gasteiger partial charge is 0.272 e. The number of hydrogen-bond acceptors (Lipinski definition) is 7. The topological polar surface area (TPSA) is 109 Å². The molecule has 0 bridgehead atoms. The van der Waals surface area contributed by atoms with E-state index in [1.807, 2.05) is 79.9 Å². The molecule has 3 N–H and O–H groups in total. The van der Waals surface area contributed by atoms with Crippen molar-refractivity contribution < 1.29 is 19.1 Å². The third-order valence-electron chi connectivity index (χ3n) is 6.77. The number of carbonyl (C=O) groups excluding carboxylic acids is 3. The van der Waals surface area contributed by atoms with Crippen molar-refractivity contribution in [3.8, 4) is 17.0 Å². The van der Waals surface area contributed by atoms with Crippen molar-refractivity contribution in [2.75, 3.05) is 17.7 Å². The third-order valence-corrected chi connectivity index (χ3v) is 8.62. The zero-order valence-corrected chi connectivity index (χ0v) is 27.1. The van der Waals surface area contributed by atoms with Gasteiger partial charge in [0.1, 0.15) is 11.4 Å². The van der Waals surface area contributed by atoms with E-state index in [0.717, 1.165) is 27.3 Å². The van der Waals surface area contributed by atoms with Crippen LogP contribution in [0.2, 0.25) is 0 Å². The van der Waals surface area contributed by atoms with E-state index in [-0.39, 0.29) is 11.6 Å². The van der Waals surface area contributed by atoms with E-state index in [9.17, 15) is 14.4 Å². The molecular formula is C36H32N4O4S2. The van der Waals surface area contributed by atoms with Gasteiger partial charge < -0.3 is 20.7 Å². The van der Waals surface area contributed by atoms with E-state index in [2.05, 4.69) is 20.9 Å². The standard InChI is InChI=1S/C36H32N4O4S2/c1-23-11-9-12-25(19-23)20-30(38-34(42)26-13-5-4-6-14-26)35(43)37-27-15-10-16-28(21-27)46-24(2)33(41)40-36-39-31(22-45-36)29-17-7-8-18-32(29)44-3/h4-22,24H,1-3H3,(H,37,43)(H,38,42)(H,39,40,41)/b30-20+. The molecule has 10 heteroatoms. The number of thioether (sulfide) groups is 1. The van der Waals surface area contributed by atoms with Crippen molar-refractivity contribution in [2.45, 2.75) is 24.0 Å². The minimum Gasteiger partial charge on any atom is -0.496 e. The van der Waals surface area contributed by atoms with E-state index < -0.39 is 17.1 Å². The average molecular weight is 649 g/mol. The predicted molar refractivity (Wildman–Crippen MR) is 186 cm³/mol. The van der Waals surface area contributed by atoms with Gasteiger partial charge >= 0.3 is 0 Å².